The largest absolute Gasteiger partial charge is 0.381 e. The summed E-state index contributed by atoms with van der Waals surface area (Å²) < 4.78 is 5.45. The van der Waals surface area contributed by atoms with Gasteiger partial charge in [0.05, 0.1) is 0 Å². The van der Waals surface area contributed by atoms with Crippen LogP contribution < -0.4 is 5.73 Å². The van der Waals surface area contributed by atoms with Crippen molar-refractivity contribution in [2.75, 3.05) is 13.2 Å². The zero-order valence-electron chi connectivity index (χ0n) is 12.3. The van der Waals surface area contributed by atoms with Crippen molar-refractivity contribution < 1.29 is 4.74 Å². The highest BCUT2D eigenvalue weighted by Gasteiger charge is 2.35. The fourth-order valence-electron chi connectivity index (χ4n) is 4.10. The maximum absolute atomic E-state index is 6.72. The minimum absolute atomic E-state index is 0.139. The summed E-state index contributed by atoms with van der Waals surface area (Å²) in [6.45, 7) is 6.59. The topological polar surface area (TPSA) is 35.2 Å². The molecule has 2 unspecified atom stereocenters. The van der Waals surface area contributed by atoms with Gasteiger partial charge < -0.3 is 10.5 Å². The highest BCUT2D eigenvalue weighted by Crippen LogP contribution is 2.39. The molecule has 0 amide bonds. The highest BCUT2D eigenvalue weighted by molar-refractivity contribution is 4.92. The van der Waals surface area contributed by atoms with E-state index in [1.165, 1.54) is 51.4 Å². The average molecular weight is 253 g/mol. The average Bonchev–Trinajstić information content (AvgIpc) is 2.28. The van der Waals surface area contributed by atoms with Gasteiger partial charge in [0, 0.05) is 18.8 Å². The predicted octanol–water partition coefficient (Wildman–Crippen LogP) is 3.74. The Labute approximate surface area is 113 Å². The van der Waals surface area contributed by atoms with Crippen LogP contribution in [0.3, 0.4) is 0 Å². The molecule has 0 aromatic rings. The fraction of sp³-hybridized carbons (Fsp3) is 1.00. The molecule has 1 saturated heterocycles. The number of rotatable bonds is 4. The quantitative estimate of drug-likeness (QED) is 0.828. The van der Waals surface area contributed by atoms with Crippen LogP contribution in [0.1, 0.15) is 65.2 Å². The minimum Gasteiger partial charge on any atom is -0.381 e. The normalized spacial score (nSPS) is 35.0. The number of nitrogens with two attached hydrogens (primary N) is 1. The van der Waals surface area contributed by atoms with Gasteiger partial charge in [0.25, 0.3) is 0 Å². The van der Waals surface area contributed by atoms with Gasteiger partial charge in [0.15, 0.2) is 0 Å². The van der Waals surface area contributed by atoms with E-state index in [1.54, 1.807) is 0 Å². The van der Waals surface area contributed by atoms with Crippen LogP contribution in [-0.4, -0.2) is 18.8 Å². The Morgan fingerprint density at radius 2 is 1.89 bits per heavy atom. The Morgan fingerprint density at radius 3 is 2.56 bits per heavy atom. The van der Waals surface area contributed by atoms with Crippen LogP contribution in [0.25, 0.3) is 0 Å². The molecule has 106 valence electrons. The molecule has 0 aromatic carbocycles. The summed E-state index contributed by atoms with van der Waals surface area (Å²) in [6, 6.07) is 0. The number of hydrogen-bond acceptors (Lipinski definition) is 2. The lowest BCUT2D eigenvalue weighted by molar-refractivity contribution is 0.0491. The Kier molecular flexibility index (Phi) is 5.08. The standard InChI is InChI=1S/C16H31NO/c1-13(2)10-15-4-3-7-16(17,12-15)11-14-5-8-18-9-6-14/h13-15H,3-12,17H2,1-2H3. The highest BCUT2D eigenvalue weighted by atomic mass is 16.5. The van der Waals surface area contributed by atoms with E-state index in [2.05, 4.69) is 13.8 Å². The Hall–Kier alpha value is -0.0800. The molecule has 0 radical (unpaired) electrons. The van der Waals surface area contributed by atoms with E-state index in [4.69, 9.17) is 10.5 Å². The molecule has 0 bridgehead atoms. The maximum atomic E-state index is 6.72. The molecule has 2 N–H and O–H groups in total. The van der Waals surface area contributed by atoms with Crippen molar-refractivity contribution in [1.82, 2.24) is 0 Å². The minimum atomic E-state index is 0.139. The summed E-state index contributed by atoms with van der Waals surface area (Å²) >= 11 is 0. The molecule has 0 spiro atoms. The molecular formula is C16H31NO. The Balaban J connectivity index is 1.84. The molecule has 2 fully saturated rings. The molecule has 0 aromatic heterocycles. The molecule has 2 heteroatoms. The second kappa shape index (κ2) is 6.38. The van der Waals surface area contributed by atoms with Crippen molar-refractivity contribution in [3.8, 4) is 0 Å². The number of ether oxygens (including phenoxy) is 1. The second-order valence-corrected chi connectivity index (χ2v) is 7.21. The van der Waals surface area contributed by atoms with Crippen LogP contribution in [-0.2, 0) is 4.74 Å². The van der Waals surface area contributed by atoms with E-state index in [0.29, 0.717) is 0 Å². The predicted molar refractivity (Wildman–Crippen MR) is 76.5 cm³/mol. The molecule has 2 atom stereocenters. The van der Waals surface area contributed by atoms with Crippen LogP contribution in [0.4, 0.5) is 0 Å². The summed E-state index contributed by atoms with van der Waals surface area (Å²) in [5.74, 6) is 2.52. The summed E-state index contributed by atoms with van der Waals surface area (Å²) in [6.07, 6.45) is 10.3. The summed E-state index contributed by atoms with van der Waals surface area (Å²) in [7, 11) is 0. The van der Waals surface area contributed by atoms with E-state index in [-0.39, 0.29) is 5.54 Å². The van der Waals surface area contributed by atoms with Gasteiger partial charge in [0.2, 0.25) is 0 Å². The Bertz CT molecular complexity index is 247. The molecule has 1 aliphatic heterocycles. The first-order valence-electron chi connectivity index (χ1n) is 7.94. The smallest absolute Gasteiger partial charge is 0.0468 e. The van der Waals surface area contributed by atoms with Gasteiger partial charge in [-0.05, 0) is 56.3 Å². The van der Waals surface area contributed by atoms with Crippen molar-refractivity contribution >= 4 is 0 Å². The van der Waals surface area contributed by atoms with Gasteiger partial charge >= 0.3 is 0 Å². The van der Waals surface area contributed by atoms with Gasteiger partial charge in [0.1, 0.15) is 0 Å². The molecule has 1 saturated carbocycles. The van der Waals surface area contributed by atoms with Crippen LogP contribution in [0.2, 0.25) is 0 Å². The van der Waals surface area contributed by atoms with Crippen LogP contribution in [0.15, 0.2) is 0 Å². The molecule has 2 nitrogen and oxygen atoms in total. The lowest BCUT2D eigenvalue weighted by Gasteiger charge is -2.41. The number of hydrogen-bond donors (Lipinski definition) is 1. The van der Waals surface area contributed by atoms with E-state index in [9.17, 15) is 0 Å². The van der Waals surface area contributed by atoms with Gasteiger partial charge in [-0.1, -0.05) is 26.7 Å². The zero-order chi connectivity index (χ0) is 13.0. The molecule has 18 heavy (non-hydrogen) atoms. The van der Waals surface area contributed by atoms with Crippen molar-refractivity contribution in [3.05, 3.63) is 0 Å². The maximum Gasteiger partial charge on any atom is 0.0468 e. The first-order chi connectivity index (χ1) is 8.57. The Morgan fingerprint density at radius 1 is 1.17 bits per heavy atom. The van der Waals surface area contributed by atoms with Crippen LogP contribution in [0.5, 0.6) is 0 Å². The second-order valence-electron chi connectivity index (χ2n) is 7.21. The van der Waals surface area contributed by atoms with Crippen LogP contribution in [0, 0.1) is 17.8 Å². The third-order valence-electron chi connectivity index (χ3n) is 4.82. The summed E-state index contributed by atoms with van der Waals surface area (Å²) in [5.41, 5.74) is 6.85. The molecule has 1 heterocycles. The molecule has 2 aliphatic rings. The zero-order valence-corrected chi connectivity index (χ0v) is 12.3. The SMILES string of the molecule is CC(C)CC1CCCC(N)(CC2CCOCC2)C1. The van der Waals surface area contributed by atoms with E-state index < -0.39 is 0 Å². The first kappa shape index (κ1) is 14.3. The van der Waals surface area contributed by atoms with Crippen LogP contribution >= 0.6 is 0 Å². The van der Waals surface area contributed by atoms with Crippen molar-refractivity contribution in [3.63, 3.8) is 0 Å². The first-order valence-corrected chi connectivity index (χ1v) is 7.94. The van der Waals surface area contributed by atoms with Crippen molar-refractivity contribution in [1.29, 1.82) is 0 Å². The van der Waals surface area contributed by atoms with Gasteiger partial charge in [-0.2, -0.15) is 0 Å². The third kappa shape index (κ3) is 4.24. The summed E-state index contributed by atoms with van der Waals surface area (Å²) in [4.78, 5) is 0. The molecule has 2 rings (SSSR count). The van der Waals surface area contributed by atoms with E-state index in [1.807, 2.05) is 0 Å². The fourth-order valence-corrected chi connectivity index (χ4v) is 4.10. The molecule has 1 aliphatic carbocycles. The van der Waals surface area contributed by atoms with Gasteiger partial charge in [-0.3, -0.25) is 0 Å². The lowest BCUT2D eigenvalue weighted by atomic mass is 9.69. The monoisotopic (exact) mass is 253 g/mol. The van der Waals surface area contributed by atoms with Crippen molar-refractivity contribution in [2.24, 2.45) is 23.5 Å². The van der Waals surface area contributed by atoms with E-state index in [0.717, 1.165) is 31.0 Å². The third-order valence-corrected chi connectivity index (χ3v) is 4.82. The summed E-state index contributed by atoms with van der Waals surface area (Å²) in [5, 5.41) is 0. The van der Waals surface area contributed by atoms with Gasteiger partial charge in [-0.15, -0.1) is 0 Å². The molecular weight excluding hydrogens is 222 g/mol. The van der Waals surface area contributed by atoms with Gasteiger partial charge in [-0.25, -0.2) is 0 Å². The van der Waals surface area contributed by atoms with Crippen molar-refractivity contribution in [2.45, 2.75) is 70.8 Å². The van der Waals surface area contributed by atoms with E-state index >= 15 is 0 Å². The lowest BCUT2D eigenvalue weighted by Crippen LogP contribution is -2.46.